The zero-order valence-electron chi connectivity index (χ0n) is 17.5. The highest BCUT2D eigenvalue weighted by molar-refractivity contribution is 7.99. The second-order valence-electron chi connectivity index (χ2n) is 7.32. The average Bonchev–Trinajstić information content (AvgIpc) is 2.69. The maximum atomic E-state index is 5.45. The molecule has 0 aromatic heterocycles. The van der Waals surface area contributed by atoms with Gasteiger partial charge >= 0.3 is 0 Å². The summed E-state index contributed by atoms with van der Waals surface area (Å²) in [5.74, 6) is 2.48. The van der Waals surface area contributed by atoms with Crippen molar-refractivity contribution < 1.29 is 9.47 Å². The fraction of sp³-hybridized carbons (Fsp3) is 0.650. The summed E-state index contributed by atoms with van der Waals surface area (Å²) in [7, 11) is 5.19. The monoisotopic (exact) mass is 394 g/mol. The Morgan fingerprint density at radius 2 is 1.85 bits per heavy atom. The molecule has 0 aliphatic carbocycles. The molecule has 0 spiro atoms. The number of benzene rings is 1. The third kappa shape index (κ3) is 6.21. The normalized spacial score (nSPS) is 15.3. The van der Waals surface area contributed by atoms with Crippen LogP contribution in [0.1, 0.15) is 25.0 Å². The van der Waals surface area contributed by atoms with Crippen LogP contribution in [0.2, 0.25) is 0 Å². The van der Waals surface area contributed by atoms with Gasteiger partial charge in [-0.25, -0.2) is 0 Å². The van der Waals surface area contributed by atoms with Crippen LogP contribution in [0.4, 0.5) is 0 Å². The summed E-state index contributed by atoms with van der Waals surface area (Å²) in [6, 6.07) is 4.22. The van der Waals surface area contributed by atoms with Gasteiger partial charge in [0.1, 0.15) is 0 Å². The van der Waals surface area contributed by atoms with E-state index in [2.05, 4.69) is 52.8 Å². The Balaban J connectivity index is 1.84. The highest BCUT2D eigenvalue weighted by Crippen LogP contribution is 2.33. The van der Waals surface area contributed by atoms with Crippen molar-refractivity contribution in [3.63, 3.8) is 0 Å². The molecule has 1 aromatic rings. The van der Waals surface area contributed by atoms with Crippen LogP contribution in [0, 0.1) is 0 Å². The lowest BCUT2D eigenvalue weighted by atomic mass is 9.99. The van der Waals surface area contributed by atoms with Gasteiger partial charge in [-0.2, -0.15) is 11.8 Å². The van der Waals surface area contributed by atoms with E-state index in [4.69, 9.17) is 9.47 Å². The zero-order chi connectivity index (χ0) is 19.9. The maximum absolute atomic E-state index is 5.45. The van der Waals surface area contributed by atoms with Crippen LogP contribution in [0.15, 0.2) is 17.1 Å². The Labute approximate surface area is 168 Å². The van der Waals surface area contributed by atoms with Crippen molar-refractivity contribution >= 4 is 17.7 Å². The highest BCUT2D eigenvalue weighted by atomic mass is 32.2. The van der Waals surface area contributed by atoms with Crippen LogP contribution in [-0.2, 0) is 13.0 Å². The van der Waals surface area contributed by atoms with Crippen LogP contribution >= 0.6 is 11.8 Å². The van der Waals surface area contributed by atoms with Crippen molar-refractivity contribution in [2.45, 2.75) is 31.6 Å². The molecule has 0 saturated carbocycles. The molecule has 1 aromatic carbocycles. The largest absolute Gasteiger partial charge is 0.493 e. The first-order valence-corrected chi connectivity index (χ1v) is 10.6. The molecule has 1 aliphatic heterocycles. The highest BCUT2D eigenvalue weighted by Gasteiger charge is 2.19. The second-order valence-corrected chi connectivity index (χ2v) is 8.83. The van der Waals surface area contributed by atoms with Gasteiger partial charge in [-0.05, 0) is 49.8 Å². The Morgan fingerprint density at radius 3 is 2.44 bits per heavy atom. The molecule has 0 bridgehead atoms. The molecule has 152 valence electrons. The van der Waals surface area contributed by atoms with Gasteiger partial charge in [0, 0.05) is 44.5 Å². The molecule has 7 heteroatoms. The van der Waals surface area contributed by atoms with Gasteiger partial charge in [0.05, 0.1) is 14.2 Å². The number of hydrogen-bond acceptors (Lipinski definition) is 5. The number of aliphatic imine (C=N–C) groups is 1. The van der Waals surface area contributed by atoms with Crippen molar-refractivity contribution in [3.8, 4) is 11.5 Å². The molecule has 0 unspecified atom stereocenters. The number of nitrogens with one attached hydrogen (secondary N) is 2. The summed E-state index contributed by atoms with van der Waals surface area (Å²) < 4.78 is 11.1. The third-order valence-corrected chi connectivity index (χ3v) is 6.22. The quantitative estimate of drug-likeness (QED) is 0.521. The molecule has 0 fully saturated rings. The second kappa shape index (κ2) is 10.1. The van der Waals surface area contributed by atoms with E-state index in [0.717, 1.165) is 56.6 Å². The lowest BCUT2D eigenvalue weighted by Gasteiger charge is -2.30. The van der Waals surface area contributed by atoms with Gasteiger partial charge < -0.3 is 20.1 Å². The Kier molecular flexibility index (Phi) is 8.10. The minimum atomic E-state index is 0.189. The molecule has 27 heavy (non-hydrogen) atoms. The van der Waals surface area contributed by atoms with Crippen LogP contribution < -0.4 is 20.1 Å². The van der Waals surface area contributed by atoms with E-state index in [9.17, 15) is 0 Å². The van der Waals surface area contributed by atoms with Crippen LogP contribution in [-0.4, -0.2) is 69.3 Å². The number of ether oxygens (including phenoxy) is 2. The fourth-order valence-electron chi connectivity index (χ4n) is 3.05. The van der Waals surface area contributed by atoms with Crippen molar-refractivity contribution in [1.82, 2.24) is 15.5 Å². The first-order valence-electron chi connectivity index (χ1n) is 9.38. The van der Waals surface area contributed by atoms with E-state index >= 15 is 0 Å². The molecule has 1 aliphatic rings. The van der Waals surface area contributed by atoms with Crippen molar-refractivity contribution in [3.05, 3.63) is 23.3 Å². The first kappa shape index (κ1) is 21.7. The molecule has 2 N–H and O–H groups in total. The number of hydrogen-bond donors (Lipinski definition) is 2. The molecular weight excluding hydrogens is 360 g/mol. The van der Waals surface area contributed by atoms with Gasteiger partial charge in [-0.1, -0.05) is 0 Å². The molecular formula is C20H34N4O2S. The number of nitrogens with zero attached hydrogens (tertiary/aromatic N) is 2. The Bertz CT molecular complexity index is 649. The van der Waals surface area contributed by atoms with Gasteiger partial charge in [0.25, 0.3) is 0 Å². The van der Waals surface area contributed by atoms with E-state index in [-0.39, 0.29) is 4.75 Å². The van der Waals surface area contributed by atoms with E-state index in [1.165, 1.54) is 11.1 Å². The lowest BCUT2D eigenvalue weighted by Crippen LogP contribution is -2.45. The van der Waals surface area contributed by atoms with E-state index in [1.807, 2.05) is 18.8 Å². The van der Waals surface area contributed by atoms with Gasteiger partial charge in [-0.3, -0.25) is 9.89 Å². The van der Waals surface area contributed by atoms with Gasteiger partial charge in [-0.15, -0.1) is 0 Å². The molecule has 2 rings (SSSR count). The number of rotatable bonds is 8. The smallest absolute Gasteiger partial charge is 0.191 e. The van der Waals surface area contributed by atoms with Gasteiger partial charge in [0.2, 0.25) is 0 Å². The van der Waals surface area contributed by atoms with E-state index < -0.39 is 0 Å². The lowest BCUT2D eigenvalue weighted by molar-refractivity contribution is 0.256. The van der Waals surface area contributed by atoms with Crippen LogP contribution in [0.3, 0.4) is 0 Å². The van der Waals surface area contributed by atoms with Crippen molar-refractivity contribution in [1.29, 1.82) is 0 Å². The van der Waals surface area contributed by atoms with Crippen molar-refractivity contribution in [2.24, 2.45) is 4.99 Å². The van der Waals surface area contributed by atoms with Gasteiger partial charge in [0.15, 0.2) is 17.5 Å². The molecule has 0 saturated heterocycles. The number of methoxy groups -OCH3 is 2. The maximum Gasteiger partial charge on any atom is 0.191 e. The predicted molar refractivity (Wildman–Crippen MR) is 115 cm³/mol. The standard InChI is InChI=1S/C20H34N4O2S/c1-20(2,27-6)14-23-19(21-3)22-8-10-24-9-7-15-11-17(25-4)18(26-5)12-16(15)13-24/h11-12H,7-10,13-14H2,1-6H3,(H2,21,22,23). The van der Waals surface area contributed by atoms with Crippen LogP contribution in [0.25, 0.3) is 0 Å². The molecule has 0 atom stereocenters. The summed E-state index contributed by atoms with van der Waals surface area (Å²) in [5, 5.41) is 6.83. The molecule has 6 nitrogen and oxygen atoms in total. The third-order valence-electron chi connectivity index (χ3n) is 4.98. The van der Waals surface area contributed by atoms with Crippen LogP contribution in [0.5, 0.6) is 11.5 Å². The Hall–Kier alpha value is -1.60. The fourth-order valence-corrected chi connectivity index (χ4v) is 3.27. The number of fused-ring (bicyclic) bond motifs is 1. The van der Waals surface area contributed by atoms with E-state index in [1.54, 1.807) is 14.2 Å². The average molecular weight is 395 g/mol. The Morgan fingerprint density at radius 1 is 1.19 bits per heavy atom. The van der Waals surface area contributed by atoms with E-state index in [0.29, 0.717) is 0 Å². The summed E-state index contributed by atoms with van der Waals surface area (Å²) in [6.45, 7) is 9.16. The molecule has 0 radical (unpaired) electrons. The summed E-state index contributed by atoms with van der Waals surface area (Å²) in [6.07, 6.45) is 3.17. The summed E-state index contributed by atoms with van der Waals surface area (Å²) in [5.41, 5.74) is 2.68. The molecule has 1 heterocycles. The minimum Gasteiger partial charge on any atom is -0.493 e. The number of thioether (sulfide) groups is 1. The summed E-state index contributed by atoms with van der Waals surface area (Å²) in [4.78, 5) is 6.78. The summed E-state index contributed by atoms with van der Waals surface area (Å²) >= 11 is 1.85. The minimum absolute atomic E-state index is 0.189. The topological polar surface area (TPSA) is 58.1 Å². The molecule has 0 amide bonds. The predicted octanol–water partition coefficient (Wildman–Crippen LogP) is 2.37. The van der Waals surface area contributed by atoms with Crippen molar-refractivity contribution in [2.75, 3.05) is 53.7 Å². The number of guanidine groups is 1. The first-order chi connectivity index (χ1) is 12.9. The zero-order valence-corrected chi connectivity index (χ0v) is 18.3. The SMILES string of the molecule is CN=C(NCCN1CCc2cc(OC)c(OC)cc2C1)NCC(C)(C)SC.